The van der Waals surface area contributed by atoms with Crippen LogP contribution in [-0.4, -0.2) is 36.8 Å². The van der Waals surface area contributed by atoms with Crippen LogP contribution in [0.1, 0.15) is 5.76 Å². The van der Waals surface area contributed by atoms with Gasteiger partial charge in [-0.15, -0.1) is 0 Å². The van der Waals surface area contributed by atoms with Crippen molar-refractivity contribution in [2.45, 2.75) is 0 Å². The van der Waals surface area contributed by atoms with Gasteiger partial charge in [0.1, 0.15) is 23.8 Å². The Kier molecular flexibility index (Phi) is 3.61. The number of hydrazone groups is 1. The predicted octanol–water partition coefficient (Wildman–Crippen LogP) is 1.84. The molecule has 7 heteroatoms. The molecule has 1 aromatic carbocycles. The molecule has 1 aliphatic rings. The van der Waals surface area contributed by atoms with Gasteiger partial charge >= 0.3 is 6.03 Å². The first kappa shape index (κ1) is 13.9. The Morgan fingerprint density at radius 3 is 2.64 bits per heavy atom. The molecule has 1 aliphatic heterocycles. The molecule has 3 rings (SSSR count). The van der Waals surface area contributed by atoms with Gasteiger partial charge in [-0.05, 0) is 36.4 Å². The summed E-state index contributed by atoms with van der Waals surface area (Å²) in [5.74, 6) is 1.55. The van der Waals surface area contributed by atoms with Crippen molar-refractivity contribution in [3.8, 4) is 17.1 Å². The first-order valence-corrected chi connectivity index (χ1v) is 6.55. The van der Waals surface area contributed by atoms with E-state index < -0.39 is 6.03 Å². The van der Waals surface area contributed by atoms with Crippen molar-refractivity contribution in [1.29, 1.82) is 0 Å². The molecule has 0 aliphatic carbocycles. The molecule has 2 aromatic rings. The van der Waals surface area contributed by atoms with E-state index >= 15 is 0 Å². The lowest BCUT2D eigenvalue weighted by Gasteiger charge is -2.03. The highest BCUT2D eigenvalue weighted by Gasteiger charge is 2.25. The van der Waals surface area contributed by atoms with Gasteiger partial charge in [0.05, 0.1) is 13.3 Å². The minimum atomic E-state index is -0.539. The topological polar surface area (TPSA) is 84.1 Å². The van der Waals surface area contributed by atoms with Crippen LogP contribution in [0.2, 0.25) is 0 Å². The number of carbonyl (C=O) groups is 2. The zero-order chi connectivity index (χ0) is 15.5. The molecule has 0 spiro atoms. The summed E-state index contributed by atoms with van der Waals surface area (Å²) in [4.78, 5) is 22.4. The molecule has 0 atom stereocenters. The average molecular weight is 299 g/mol. The lowest BCUT2D eigenvalue weighted by molar-refractivity contribution is -0.118. The third-order valence-corrected chi connectivity index (χ3v) is 3.10. The molecule has 112 valence electrons. The molecule has 7 nitrogen and oxygen atoms in total. The molecular weight excluding hydrogens is 286 g/mol. The van der Waals surface area contributed by atoms with Crippen molar-refractivity contribution in [3.05, 3.63) is 42.2 Å². The van der Waals surface area contributed by atoms with Crippen molar-refractivity contribution >= 4 is 18.2 Å². The van der Waals surface area contributed by atoms with Gasteiger partial charge in [0.15, 0.2) is 0 Å². The van der Waals surface area contributed by atoms with Crippen LogP contribution in [-0.2, 0) is 4.79 Å². The maximum Gasteiger partial charge on any atom is 0.344 e. The summed E-state index contributed by atoms with van der Waals surface area (Å²) < 4.78 is 10.7. The largest absolute Gasteiger partial charge is 0.497 e. The quantitative estimate of drug-likeness (QED) is 0.689. The highest BCUT2D eigenvalue weighted by atomic mass is 16.5. The summed E-state index contributed by atoms with van der Waals surface area (Å²) in [6.45, 7) is -0.0820. The fourth-order valence-electron chi connectivity index (χ4n) is 1.98. The number of carbonyl (C=O) groups excluding carboxylic acids is 2. The summed E-state index contributed by atoms with van der Waals surface area (Å²) in [5, 5.41) is 7.10. The first-order chi connectivity index (χ1) is 10.7. The van der Waals surface area contributed by atoms with Crippen LogP contribution >= 0.6 is 0 Å². The number of urea groups is 1. The normalized spacial score (nSPS) is 14.7. The fourth-order valence-corrected chi connectivity index (χ4v) is 1.98. The van der Waals surface area contributed by atoms with Gasteiger partial charge in [-0.1, -0.05) is 0 Å². The lowest BCUT2D eigenvalue weighted by atomic mass is 10.2. The molecule has 0 radical (unpaired) electrons. The smallest absolute Gasteiger partial charge is 0.344 e. The van der Waals surface area contributed by atoms with Crippen molar-refractivity contribution < 1.29 is 18.7 Å². The first-order valence-electron chi connectivity index (χ1n) is 6.55. The number of hydrogen-bond acceptors (Lipinski definition) is 5. The lowest BCUT2D eigenvalue weighted by Crippen LogP contribution is -2.24. The van der Waals surface area contributed by atoms with Crippen molar-refractivity contribution in [3.63, 3.8) is 0 Å². The van der Waals surface area contributed by atoms with E-state index in [1.165, 1.54) is 6.21 Å². The fraction of sp³-hybridized carbons (Fsp3) is 0.133. The standard InChI is InChI=1S/C15H13N3O4/c1-21-11-4-2-10(3-5-11)13-7-6-12(22-13)8-16-18-9-14(19)17-15(18)20/h2-8H,9H2,1H3,(H,17,19,20). The third-order valence-electron chi connectivity index (χ3n) is 3.10. The number of imide groups is 1. The summed E-state index contributed by atoms with van der Waals surface area (Å²) in [6.07, 6.45) is 1.39. The van der Waals surface area contributed by atoms with E-state index in [1.54, 1.807) is 19.2 Å². The van der Waals surface area contributed by atoms with Crippen LogP contribution in [0.5, 0.6) is 5.75 Å². The number of furan rings is 1. The number of nitrogens with one attached hydrogen (secondary N) is 1. The average Bonchev–Trinajstić information content (AvgIpc) is 3.12. The molecule has 22 heavy (non-hydrogen) atoms. The molecule has 1 N–H and O–H groups in total. The van der Waals surface area contributed by atoms with Gasteiger partial charge in [-0.2, -0.15) is 5.10 Å². The molecule has 0 bridgehead atoms. The van der Waals surface area contributed by atoms with E-state index in [0.717, 1.165) is 16.3 Å². The molecule has 0 unspecified atom stereocenters. The van der Waals surface area contributed by atoms with E-state index in [9.17, 15) is 9.59 Å². The Hall–Kier alpha value is -3.09. The Morgan fingerprint density at radius 2 is 2.00 bits per heavy atom. The van der Waals surface area contributed by atoms with Gasteiger partial charge in [0, 0.05) is 5.56 Å². The van der Waals surface area contributed by atoms with Crippen molar-refractivity contribution in [2.75, 3.05) is 13.7 Å². The highest BCUT2D eigenvalue weighted by Crippen LogP contribution is 2.24. The van der Waals surface area contributed by atoms with Crippen LogP contribution in [0.25, 0.3) is 11.3 Å². The molecule has 1 fully saturated rings. The van der Waals surface area contributed by atoms with Crippen LogP contribution in [0, 0.1) is 0 Å². The summed E-state index contributed by atoms with van der Waals surface area (Å²) in [6, 6.07) is 10.4. The van der Waals surface area contributed by atoms with Crippen LogP contribution in [0.4, 0.5) is 4.79 Å². The molecule has 1 saturated heterocycles. The summed E-state index contributed by atoms with van der Waals surface area (Å²) in [7, 11) is 1.61. The number of amides is 3. The van der Waals surface area contributed by atoms with E-state index in [-0.39, 0.29) is 12.5 Å². The molecule has 2 heterocycles. The monoisotopic (exact) mass is 299 g/mol. The molecule has 1 aromatic heterocycles. The number of benzene rings is 1. The maximum absolute atomic E-state index is 11.3. The summed E-state index contributed by atoms with van der Waals surface area (Å²) in [5.41, 5.74) is 0.898. The van der Waals surface area contributed by atoms with Crippen molar-refractivity contribution in [1.82, 2.24) is 10.3 Å². The number of methoxy groups -OCH3 is 1. The summed E-state index contributed by atoms with van der Waals surface area (Å²) >= 11 is 0. The Balaban J connectivity index is 1.73. The van der Waals surface area contributed by atoms with Gasteiger partial charge in [-0.25, -0.2) is 9.80 Å². The molecular formula is C15H13N3O4. The van der Waals surface area contributed by atoms with Gasteiger partial charge in [0.25, 0.3) is 0 Å². The van der Waals surface area contributed by atoms with E-state index in [1.807, 2.05) is 24.3 Å². The van der Waals surface area contributed by atoms with Crippen LogP contribution in [0.3, 0.4) is 0 Å². The zero-order valence-electron chi connectivity index (χ0n) is 11.8. The maximum atomic E-state index is 11.3. The van der Waals surface area contributed by atoms with Crippen LogP contribution in [0.15, 0.2) is 45.9 Å². The zero-order valence-corrected chi connectivity index (χ0v) is 11.8. The van der Waals surface area contributed by atoms with Crippen LogP contribution < -0.4 is 10.1 Å². The Labute approximate surface area is 126 Å². The van der Waals surface area contributed by atoms with E-state index in [2.05, 4.69) is 10.4 Å². The Bertz CT molecular complexity index is 734. The number of hydrogen-bond donors (Lipinski definition) is 1. The number of ether oxygens (including phenoxy) is 1. The molecule has 3 amide bonds. The van der Waals surface area contributed by atoms with Gasteiger partial charge in [-0.3, -0.25) is 10.1 Å². The van der Waals surface area contributed by atoms with Gasteiger partial charge in [0.2, 0.25) is 5.91 Å². The number of nitrogens with zero attached hydrogens (tertiary/aromatic N) is 2. The second-order valence-electron chi connectivity index (χ2n) is 4.59. The molecule has 0 saturated carbocycles. The van der Waals surface area contributed by atoms with Crippen molar-refractivity contribution in [2.24, 2.45) is 5.10 Å². The third kappa shape index (κ3) is 2.83. The van der Waals surface area contributed by atoms with E-state index in [4.69, 9.17) is 9.15 Å². The predicted molar refractivity (Wildman–Crippen MR) is 78.5 cm³/mol. The second kappa shape index (κ2) is 5.72. The van der Waals surface area contributed by atoms with E-state index in [0.29, 0.717) is 11.5 Å². The van der Waals surface area contributed by atoms with Gasteiger partial charge < -0.3 is 9.15 Å². The number of rotatable bonds is 4. The highest BCUT2D eigenvalue weighted by molar-refractivity contribution is 6.02. The SMILES string of the molecule is COc1ccc(-c2ccc(C=NN3CC(=O)NC3=O)o2)cc1. The minimum Gasteiger partial charge on any atom is -0.497 e. The minimum absolute atomic E-state index is 0.0820. The second-order valence-corrected chi connectivity index (χ2v) is 4.59. The Morgan fingerprint density at radius 1 is 1.23 bits per heavy atom.